The van der Waals surface area contributed by atoms with E-state index in [1.165, 1.54) is 148 Å². The highest BCUT2D eigenvalue weighted by molar-refractivity contribution is 5.76. The van der Waals surface area contributed by atoms with Crippen LogP contribution in [0.25, 0.3) is 0 Å². The zero-order valence-corrected chi connectivity index (χ0v) is 55.6. The van der Waals surface area contributed by atoms with Crippen LogP contribution >= 0.6 is 0 Å². The molecule has 2 saturated heterocycles. The van der Waals surface area contributed by atoms with E-state index in [0.29, 0.717) is 12.8 Å². The second-order valence-electron chi connectivity index (χ2n) is 24.6. The Kier molecular flexibility index (Phi) is 53.7. The molecule has 14 nitrogen and oxygen atoms in total. The van der Waals surface area contributed by atoms with Crippen molar-refractivity contribution in [2.75, 3.05) is 19.8 Å². The number of aliphatic hydroxyl groups is 8. The molecule has 512 valence electrons. The second-order valence-corrected chi connectivity index (χ2v) is 24.6. The Morgan fingerprint density at radius 3 is 1.24 bits per heavy atom. The molecule has 0 aliphatic carbocycles. The van der Waals surface area contributed by atoms with Crippen molar-refractivity contribution in [3.8, 4) is 0 Å². The van der Waals surface area contributed by atoms with E-state index in [1.807, 2.05) is 6.08 Å². The van der Waals surface area contributed by atoms with Crippen molar-refractivity contribution in [3.63, 3.8) is 0 Å². The van der Waals surface area contributed by atoms with Gasteiger partial charge in [0.15, 0.2) is 12.6 Å². The smallest absolute Gasteiger partial charge is 0.220 e. The Bertz CT molecular complexity index is 1910. The van der Waals surface area contributed by atoms with Gasteiger partial charge in [-0.1, -0.05) is 271 Å². The molecule has 0 aromatic rings. The van der Waals surface area contributed by atoms with E-state index in [2.05, 4.69) is 116 Å². The highest BCUT2D eigenvalue weighted by atomic mass is 16.7. The summed E-state index contributed by atoms with van der Waals surface area (Å²) in [5, 5.41) is 87.3. The molecule has 89 heavy (non-hydrogen) atoms. The van der Waals surface area contributed by atoms with E-state index in [1.54, 1.807) is 6.08 Å². The van der Waals surface area contributed by atoms with Gasteiger partial charge in [0.25, 0.3) is 0 Å². The number of nitrogens with one attached hydrogen (secondary N) is 1. The number of amides is 1. The topological polar surface area (TPSA) is 228 Å². The summed E-state index contributed by atoms with van der Waals surface area (Å²) in [6.07, 6.45) is 67.2. The molecule has 0 aromatic heterocycles. The molecule has 2 aliphatic rings. The molecular formula is C75H129NO13. The molecule has 1 amide bonds. The predicted molar refractivity (Wildman–Crippen MR) is 364 cm³/mol. The van der Waals surface area contributed by atoms with Crippen LogP contribution in [0.2, 0.25) is 0 Å². The molecule has 2 rings (SSSR count). The van der Waals surface area contributed by atoms with Gasteiger partial charge >= 0.3 is 0 Å². The first-order valence-electron chi connectivity index (χ1n) is 35.6. The summed E-state index contributed by atoms with van der Waals surface area (Å²) in [4.78, 5) is 13.3. The molecule has 14 heteroatoms. The number of hydrogen-bond acceptors (Lipinski definition) is 13. The normalized spacial score (nSPS) is 23.7. The van der Waals surface area contributed by atoms with Crippen molar-refractivity contribution in [1.82, 2.24) is 5.32 Å². The molecule has 0 bridgehead atoms. The van der Waals surface area contributed by atoms with Crippen molar-refractivity contribution >= 4 is 5.91 Å². The van der Waals surface area contributed by atoms with Crippen LogP contribution in [0.5, 0.6) is 0 Å². The van der Waals surface area contributed by atoms with Crippen molar-refractivity contribution in [2.24, 2.45) is 0 Å². The summed E-state index contributed by atoms with van der Waals surface area (Å²) in [6, 6.07) is -0.943. The Labute approximate surface area is 540 Å². The summed E-state index contributed by atoms with van der Waals surface area (Å²) in [5.41, 5.74) is 0. The molecular weight excluding hydrogens is 1120 g/mol. The van der Waals surface area contributed by atoms with E-state index >= 15 is 0 Å². The number of allylic oxidation sites excluding steroid dienone is 17. The molecule has 0 radical (unpaired) electrons. The maximum absolute atomic E-state index is 13.3. The number of rotatable bonds is 57. The second kappa shape index (κ2) is 58.5. The van der Waals surface area contributed by atoms with Gasteiger partial charge < -0.3 is 65.1 Å². The Morgan fingerprint density at radius 2 is 0.787 bits per heavy atom. The van der Waals surface area contributed by atoms with Crippen molar-refractivity contribution in [1.29, 1.82) is 0 Å². The number of aliphatic hydroxyl groups excluding tert-OH is 8. The molecule has 2 aliphatic heterocycles. The molecule has 2 heterocycles. The third-order valence-electron chi connectivity index (χ3n) is 16.7. The number of carbonyl (C=O) groups is 1. The summed E-state index contributed by atoms with van der Waals surface area (Å²) < 4.78 is 22.8. The minimum absolute atomic E-state index is 0.254. The Balaban J connectivity index is 1.63. The van der Waals surface area contributed by atoms with Gasteiger partial charge in [0.1, 0.15) is 48.8 Å². The van der Waals surface area contributed by atoms with Gasteiger partial charge in [-0.15, -0.1) is 0 Å². The first-order chi connectivity index (χ1) is 43.6. The molecule has 12 atom stereocenters. The number of unbranched alkanes of at least 4 members (excludes halogenated alkanes) is 28. The molecule has 2 fully saturated rings. The minimum Gasteiger partial charge on any atom is -0.394 e. The maximum atomic E-state index is 13.3. The quantitative estimate of drug-likeness (QED) is 0.0204. The molecule has 12 unspecified atom stereocenters. The highest BCUT2D eigenvalue weighted by Gasteiger charge is 2.51. The molecule has 0 saturated carbocycles. The lowest BCUT2D eigenvalue weighted by Gasteiger charge is -2.46. The van der Waals surface area contributed by atoms with Gasteiger partial charge in [-0.2, -0.15) is 0 Å². The highest BCUT2D eigenvalue weighted by Crippen LogP contribution is 2.30. The fraction of sp³-hybridized carbons (Fsp3) is 0.747. The maximum Gasteiger partial charge on any atom is 0.220 e. The van der Waals surface area contributed by atoms with Crippen LogP contribution in [-0.2, 0) is 23.7 Å². The number of hydrogen-bond donors (Lipinski definition) is 9. The van der Waals surface area contributed by atoms with Crippen molar-refractivity contribution in [3.05, 3.63) is 109 Å². The van der Waals surface area contributed by atoms with E-state index in [9.17, 15) is 45.6 Å². The van der Waals surface area contributed by atoms with Gasteiger partial charge in [0, 0.05) is 6.42 Å². The minimum atomic E-state index is -1.80. The largest absolute Gasteiger partial charge is 0.394 e. The third-order valence-corrected chi connectivity index (χ3v) is 16.7. The van der Waals surface area contributed by atoms with E-state index in [4.69, 9.17) is 18.9 Å². The molecule has 0 spiro atoms. The van der Waals surface area contributed by atoms with Crippen LogP contribution in [0, 0.1) is 0 Å². The Morgan fingerprint density at radius 1 is 0.416 bits per heavy atom. The van der Waals surface area contributed by atoms with Crippen LogP contribution in [0.4, 0.5) is 0 Å². The summed E-state index contributed by atoms with van der Waals surface area (Å²) in [6.45, 7) is 2.66. The van der Waals surface area contributed by atoms with Crippen LogP contribution < -0.4 is 5.32 Å². The predicted octanol–water partition coefficient (Wildman–Crippen LogP) is 14.7. The summed E-state index contributed by atoms with van der Waals surface area (Å²) in [7, 11) is 0. The summed E-state index contributed by atoms with van der Waals surface area (Å²) >= 11 is 0. The van der Waals surface area contributed by atoms with Gasteiger partial charge in [-0.05, 0) is 96.3 Å². The zero-order chi connectivity index (χ0) is 64.5. The first kappa shape index (κ1) is 81.7. The number of ether oxygens (including phenoxy) is 4. The monoisotopic (exact) mass is 1250 g/mol. The SMILES string of the molecule is CC/C=C\C/C=C\C/C=C\C/C=C\C/C=C\C/C=C\CCCCCCCCCCCCCCCCCCCCC(=O)NC(COC1OC(CO)C(OC2OC(CO)C(O)C(O)C2O)C(O)C1O)C(O)/C=C/CC/C=C/CC/C=C/CCCCCCCCCC. The van der Waals surface area contributed by atoms with Gasteiger partial charge in [-0.25, -0.2) is 0 Å². The van der Waals surface area contributed by atoms with E-state index in [0.717, 1.165) is 83.5 Å². The first-order valence-corrected chi connectivity index (χ1v) is 35.6. The standard InChI is InChI=1S/C75H129NO13/c1-3-5-7-9-11-13-15-17-19-21-23-24-25-26-27-28-29-30-31-32-33-34-35-36-37-38-39-40-41-43-45-47-49-51-53-55-57-59-67(80)76-63(64(79)58-56-54-52-50-48-46-44-42-22-20-18-16-14-12-10-8-6-4-2)62-86-74-72(85)70(83)73(66(61-78)88-74)89-75-71(84)69(82)68(81)65(60-77)87-75/h5,7,11,13,17,19,22-24,26-27,29-30,42,48,50,56,58,63-66,68-75,77-79,81-85H,3-4,6,8-10,12,14-16,18,20-21,25,28,31-41,43-47,49,51-55,57,59-62H2,1-2H3,(H,76,80)/b7-5-,13-11-,19-17-,24-23-,27-26-,30-29-,42-22+,50-48+,58-56+. The van der Waals surface area contributed by atoms with E-state index in [-0.39, 0.29) is 18.9 Å². The van der Waals surface area contributed by atoms with Crippen molar-refractivity contribution in [2.45, 2.75) is 338 Å². The average Bonchev–Trinajstić information content (AvgIpc) is 1.44. The lowest BCUT2D eigenvalue weighted by atomic mass is 9.97. The average molecular weight is 1250 g/mol. The van der Waals surface area contributed by atoms with Gasteiger partial charge in [0.2, 0.25) is 5.91 Å². The van der Waals surface area contributed by atoms with E-state index < -0.39 is 86.8 Å². The third kappa shape index (κ3) is 42.5. The molecule has 9 N–H and O–H groups in total. The summed E-state index contributed by atoms with van der Waals surface area (Å²) in [5.74, 6) is -0.254. The van der Waals surface area contributed by atoms with Crippen molar-refractivity contribution < 1.29 is 64.6 Å². The fourth-order valence-electron chi connectivity index (χ4n) is 11.0. The number of carbonyl (C=O) groups excluding carboxylic acids is 1. The van der Waals surface area contributed by atoms with Gasteiger partial charge in [-0.3, -0.25) is 4.79 Å². The fourth-order valence-corrected chi connectivity index (χ4v) is 11.0. The lowest BCUT2D eigenvalue weighted by molar-refractivity contribution is -0.359. The Hall–Kier alpha value is -3.35. The van der Waals surface area contributed by atoms with Crippen LogP contribution in [0.1, 0.15) is 264 Å². The zero-order valence-electron chi connectivity index (χ0n) is 55.6. The van der Waals surface area contributed by atoms with Gasteiger partial charge in [0.05, 0.1) is 32.0 Å². The van der Waals surface area contributed by atoms with Crippen LogP contribution in [0.15, 0.2) is 109 Å². The molecule has 0 aromatic carbocycles. The lowest BCUT2D eigenvalue weighted by Crippen LogP contribution is -2.65. The van der Waals surface area contributed by atoms with Crippen LogP contribution in [-0.4, -0.2) is 140 Å². The van der Waals surface area contributed by atoms with Crippen LogP contribution in [0.3, 0.4) is 0 Å².